The highest BCUT2D eigenvalue weighted by Crippen LogP contribution is 2.22. The van der Waals surface area contributed by atoms with Crippen LogP contribution in [0.4, 0.5) is 11.4 Å². The molecule has 6 nitrogen and oxygen atoms in total. The molecule has 4 rings (SSSR count). The molecule has 3 aromatic rings. The molecule has 0 spiro atoms. The van der Waals surface area contributed by atoms with Gasteiger partial charge in [-0.2, -0.15) is 0 Å². The highest BCUT2D eigenvalue weighted by atomic mass is 16.5. The Kier molecular flexibility index (Phi) is 6.70. The number of benzene rings is 3. The second-order valence-electron chi connectivity index (χ2n) is 7.88. The smallest absolute Gasteiger partial charge is 0.255 e. The van der Waals surface area contributed by atoms with Gasteiger partial charge >= 0.3 is 0 Å². The average Bonchev–Trinajstić information content (AvgIpc) is 2.84. The minimum atomic E-state index is -0.141. The van der Waals surface area contributed by atoms with E-state index in [1.807, 2.05) is 79.7 Å². The first-order chi connectivity index (χ1) is 15.6. The maximum atomic E-state index is 12.8. The van der Waals surface area contributed by atoms with E-state index < -0.39 is 0 Å². The number of carbonyl (C=O) groups excluding carboxylic acids is 2. The third-order valence-corrected chi connectivity index (χ3v) is 5.64. The van der Waals surface area contributed by atoms with E-state index in [-0.39, 0.29) is 5.91 Å². The number of carbonyl (C=O) groups is 2. The Morgan fingerprint density at radius 1 is 0.969 bits per heavy atom. The van der Waals surface area contributed by atoms with Crippen molar-refractivity contribution in [1.29, 1.82) is 0 Å². The number of amides is 2. The van der Waals surface area contributed by atoms with E-state index in [1.165, 1.54) is 0 Å². The third kappa shape index (κ3) is 5.27. The van der Waals surface area contributed by atoms with Crippen molar-refractivity contribution in [2.75, 3.05) is 36.4 Å². The number of ether oxygens (including phenoxy) is 1. The Bertz CT molecular complexity index is 1060. The van der Waals surface area contributed by atoms with Crippen molar-refractivity contribution in [1.82, 2.24) is 4.90 Å². The topological polar surface area (TPSA) is 61.9 Å². The summed E-state index contributed by atoms with van der Waals surface area (Å²) in [5, 5.41) is 2.96. The van der Waals surface area contributed by atoms with Gasteiger partial charge in [0.1, 0.15) is 12.4 Å². The summed E-state index contributed by atoms with van der Waals surface area (Å²) in [5.74, 6) is 0.611. The van der Waals surface area contributed by atoms with Crippen LogP contribution in [-0.2, 0) is 11.4 Å². The molecule has 1 heterocycles. The number of aryl methyl sites for hydroxylation is 1. The Labute approximate surface area is 188 Å². The van der Waals surface area contributed by atoms with Gasteiger partial charge in [0, 0.05) is 43.1 Å². The predicted octanol–water partition coefficient (Wildman–Crippen LogP) is 4.10. The first kappa shape index (κ1) is 21.4. The van der Waals surface area contributed by atoms with Gasteiger partial charge in [0.2, 0.25) is 6.41 Å². The van der Waals surface area contributed by atoms with Gasteiger partial charge < -0.3 is 19.9 Å². The number of rotatable bonds is 7. The van der Waals surface area contributed by atoms with Crippen molar-refractivity contribution in [3.05, 3.63) is 89.5 Å². The van der Waals surface area contributed by atoms with Crippen LogP contribution in [0, 0.1) is 6.92 Å². The van der Waals surface area contributed by atoms with Crippen molar-refractivity contribution in [2.24, 2.45) is 0 Å². The summed E-state index contributed by atoms with van der Waals surface area (Å²) in [6, 6.07) is 23.3. The maximum absolute atomic E-state index is 12.8. The number of nitrogens with zero attached hydrogens (tertiary/aromatic N) is 2. The molecule has 1 aliphatic heterocycles. The number of nitrogens with one attached hydrogen (secondary N) is 1. The summed E-state index contributed by atoms with van der Waals surface area (Å²) in [6.07, 6.45) is 0.901. The molecule has 0 unspecified atom stereocenters. The number of hydrogen-bond donors (Lipinski definition) is 1. The quantitative estimate of drug-likeness (QED) is 0.575. The zero-order chi connectivity index (χ0) is 22.3. The maximum Gasteiger partial charge on any atom is 0.255 e. The van der Waals surface area contributed by atoms with Crippen molar-refractivity contribution < 1.29 is 14.3 Å². The van der Waals surface area contributed by atoms with Crippen molar-refractivity contribution in [3.8, 4) is 5.75 Å². The lowest BCUT2D eigenvalue weighted by Crippen LogP contribution is -2.45. The van der Waals surface area contributed by atoms with Gasteiger partial charge in [-0.3, -0.25) is 9.59 Å². The number of hydrogen-bond acceptors (Lipinski definition) is 4. The molecule has 0 saturated carbocycles. The Morgan fingerprint density at radius 3 is 2.34 bits per heavy atom. The van der Waals surface area contributed by atoms with E-state index in [0.717, 1.165) is 60.8 Å². The molecule has 164 valence electrons. The van der Waals surface area contributed by atoms with Gasteiger partial charge in [0.15, 0.2) is 0 Å². The number of anilines is 2. The lowest BCUT2D eigenvalue weighted by Gasteiger charge is -2.34. The molecule has 0 radical (unpaired) electrons. The number of piperazine rings is 1. The fourth-order valence-corrected chi connectivity index (χ4v) is 3.76. The van der Waals surface area contributed by atoms with Crippen molar-refractivity contribution in [3.63, 3.8) is 0 Å². The van der Waals surface area contributed by atoms with Crippen LogP contribution in [-0.4, -0.2) is 43.4 Å². The van der Waals surface area contributed by atoms with E-state index >= 15 is 0 Å². The van der Waals surface area contributed by atoms with Crippen LogP contribution in [0.2, 0.25) is 0 Å². The lowest BCUT2D eigenvalue weighted by atomic mass is 10.1. The molecule has 3 aromatic carbocycles. The van der Waals surface area contributed by atoms with Gasteiger partial charge in [0.25, 0.3) is 5.91 Å². The van der Waals surface area contributed by atoms with Crippen molar-refractivity contribution in [2.45, 2.75) is 13.5 Å². The van der Waals surface area contributed by atoms with Gasteiger partial charge in [-0.25, -0.2) is 0 Å². The molecule has 1 fully saturated rings. The van der Waals surface area contributed by atoms with Crippen LogP contribution in [0.5, 0.6) is 5.75 Å². The Hall–Kier alpha value is -3.80. The molecule has 6 heteroatoms. The lowest BCUT2D eigenvalue weighted by molar-refractivity contribution is -0.118. The summed E-state index contributed by atoms with van der Waals surface area (Å²) < 4.78 is 5.80. The Morgan fingerprint density at radius 2 is 1.69 bits per heavy atom. The minimum absolute atomic E-state index is 0.141. The molecule has 0 bridgehead atoms. The van der Waals surface area contributed by atoms with Crippen LogP contribution in [0.25, 0.3) is 0 Å². The summed E-state index contributed by atoms with van der Waals surface area (Å²) in [5.41, 5.74) is 4.46. The van der Waals surface area contributed by atoms with Crippen LogP contribution in [0.3, 0.4) is 0 Å². The fraction of sp³-hybridized carbons (Fsp3) is 0.231. The van der Waals surface area contributed by atoms with Crippen LogP contribution in [0.1, 0.15) is 21.5 Å². The summed E-state index contributed by atoms with van der Waals surface area (Å²) in [7, 11) is 0. The molecule has 0 aliphatic carbocycles. The van der Waals surface area contributed by atoms with Gasteiger partial charge in [0.05, 0.1) is 0 Å². The molecule has 2 amide bonds. The molecule has 1 aliphatic rings. The zero-order valence-electron chi connectivity index (χ0n) is 18.2. The van der Waals surface area contributed by atoms with Crippen LogP contribution >= 0.6 is 0 Å². The van der Waals surface area contributed by atoms with Crippen LogP contribution in [0.15, 0.2) is 72.8 Å². The largest absolute Gasteiger partial charge is 0.489 e. The standard InChI is InChI=1S/C26H27N3O3/c1-20-17-23(29-15-13-28(19-30)14-16-29)9-12-25(20)26(31)27-22-7-10-24(11-8-22)32-18-21-5-3-2-4-6-21/h2-12,17,19H,13-16,18H2,1H3,(H,27,31). The van der Waals surface area contributed by atoms with Gasteiger partial charge in [-0.1, -0.05) is 30.3 Å². The Balaban J connectivity index is 1.34. The minimum Gasteiger partial charge on any atom is -0.489 e. The molecular formula is C26H27N3O3. The second-order valence-corrected chi connectivity index (χ2v) is 7.88. The SMILES string of the molecule is Cc1cc(N2CCN(C=O)CC2)ccc1C(=O)Nc1ccc(OCc2ccccc2)cc1. The average molecular weight is 430 g/mol. The summed E-state index contributed by atoms with van der Waals surface area (Å²) in [4.78, 5) is 27.7. The molecule has 0 atom stereocenters. The highest BCUT2D eigenvalue weighted by molar-refractivity contribution is 6.05. The molecular weight excluding hydrogens is 402 g/mol. The first-order valence-corrected chi connectivity index (χ1v) is 10.8. The van der Waals surface area contributed by atoms with E-state index in [4.69, 9.17) is 4.74 Å². The second kappa shape index (κ2) is 10.0. The van der Waals surface area contributed by atoms with E-state index in [1.54, 1.807) is 4.90 Å². The monoisotopic (exact) mass is 429 g/mol. The molecule has 32 heavy (non-hydrogen) atoms. The van der Waals surface area contributed by atoms with Gasteiger partial charge in [-0.05, 0) is 60.5 Å². The first-order valence-electron chi connectivity index (χ1n) is 10.8. The normalized spacial score (nSPS) is 13.5. The predicted molar refractivity (Wildman–Crippen MR) is 126 cm³/mol. The molecule has 0 aromatic heterocycles. The molecule has 1 N–H and O–H groups in total. The summed E-state index contributed by atoms with van der Waals surface area (Å²) >= 11 is 0. The summed E-state index contributed by atoms with van der Waals surface area (Å²) in [6.45, 7) is 5.47. The van der Waals surface area contributed by atoms with Gasteiger partial charge in [-0.15, -0.1) is 0 Å². The molecule has 1 saturated heterocycles. The third-order valence-electron chi connectivity index (χ3n) is 5.64. The zero-order valence-corrected chi connectivity index (χ0v) is 18.2. The van der Waals surface area contributed by atoms with E-state index in [0.29, 0.717) is 12.2 Å². The van der Waals surface area contributed by atoms with Crippen molar-refractivity contribution >= 4 is 23.7 Å². The fourth-order valence-electron chi connectivity index (χ4n) is 3.76. The van der Waals surface area contributed by atoms with E-state index in [2.05, 4.69) is 10.2 Å². The van der Waals surface area contributed by atoms with Crippen LogP contribution < -0.4 is 15.0 Å². The highest BCUT2D eigenvalue weighted by Gasteiger charge is 2.17. The van der Waals surface area contributed by atoms with E-state index in [9.17, 15) is 9.59 Å².